The summed E-state index contributed by atoms with van der Waals surface area (Å²) in [6, 6.07) is 18.8. The molecule has 0 unspecified atom stereocenters. The van der Waals surface area contributed by atoms with Crippen molar-refractivity contribution in [3.05, 3.63) is 64.7 Å². The first-order chi connectivity index (χ1) is 12.2. The highest BCUT2D eigenvalue weighted by molar-refractivity contribution is 6.33. The monoisotopic (exact) mass is 343 g/mol. The molecular formula is C19H10ClN5. The van der Waals surface area contributed by atoms with E-state index in [0.717, 1.165) is 5.52 Å². The van der Waals surface area contributed by atoms with Crippen LogP contribution < -0.4 is 5.73 Å². The second kappa shape index (κ2) is 5.52. The van der Waals surface area contributed by atoms with Crippen LogP contribution in [0.15, 0.2) is 48.5 Å². The van der Waals surface area contributed by atoms with E-state index < -0.39 is 0 Å². The lowest BCUT2D eigenvalue weighted by atomic mass is 9.96. The number of nitrogens with zero attached hydrogens (tertiary/aromatic N) is 4. The first kappa shape index (κ1) is 15.0. The number of pyridine rings is 1. The van der Waals surface area contributed by atoms with E-state index in [1.165, 1.54) is 0 Å². The molecule has 6 heteroatoms. The molecule has 2 heterocycles. The molecular weight excluding hydrogens is 334 g/mol. The second-order valence-corrected chi connectivity index (χ2v) is 5.88. The van der Waals surface area contributed by atoms with E-state index >= 15 is 0 Å². The van der Waals surface area contributed by atoms with Gasteiger partial charge in [0.1, 0.15) is 29.1 Å². The van der Waals surface area contributed by atoms with Crippen LogP contribution in [0.3, 0.4) is 0 Å². The molecule has 4 rings (SSSR count). The smallest absolute Gasteiger partial charge is 0.158 e. The quantitative estimate of drug-likeness (QED) is 0.562. The van der Waals surface area contributed by atoms with Gasteiger partial charge in [0.15, 0.2) is 5.65 Å². The van der Waals surface area contributed by atoms with Gasteiger partial charge in [0, 0.05) is 16.1 Å². The molecule has 5 nitrogen and oxygen atoms in total. The number of imidazole rings is 1. The lowest BCUT2D eigenvalue weighted by Crippen LogP contribution is -2.06. The van der Waals surface area contributed by atoms with Crippen molar-refractivity contribution in [1.82, 2.24) is 9.38 Å². The molecule has 25 heavy (non-hydrogen) atoms. The maximum Gasteiger partial charge on any atom is 0.158 e. The SMILES string of the molecule is N#Cc1c(-c2ccccc2Cl)c(C#N)c2nc3ccccc3n2c1N. The van der Waals surface area contributed by atoms with Gasteiger partial charge >= 0.3 is 0 Å². The molecule has 0 aliphatic carbocycles. The van der Waals surface area contributed by atoms with E-state index in [4.69, 9.17) is 17.3 Å². The van der Waals surface area contributed by atoms with Gasteiger partial charge in [0.2, 0.25) is 0 Å². The minimum atomic E-state index is 0.209. The average Bonchev–Trinajstić information content (AvgIpc) is 3.01. The van der Waals surface area contributed by atoms with Crippen LogP contribution in [-0.4, -0.2) is 9.38 Å². The van der Waals surface area contributed by atoms with E-state index in [1.807, 2.05) is 24.3 Å². The molecule has 0 spiro atoms. The van der Waals surface area contributed by atoms with Crippen molar-refractivity contribution in [2.45, 2.75) is 0 Å². The number of nitriles is 2. The molecule has 2 aromatic heterocycles. The zero-order valence-corrected chi connectivity index (χ0v) is 13.6. The summed E-state index contributed by atoms with van der Waals surface area (Å²) in [6.45, 7) is 0. The van der Waals surface area contributed by atoms with E-state index in [0.29, 0.717) is 27.3 Å². The Morgan fingerprint density at radius 1 is 0.960 bits per heavy atom. The molecule has 0 atom stereocenters. The third-order valence-electron chi connectivity index (χ3n) is 4.15. The fourth-order valence-electron chi connectivity index (χ4n) is 3.07. The number of rotatable bonds is 1. The van der Waals surface area contributed by atoms with Gasteiger partial charge in [0.25, 0.3) is 0 Å². The highest BCUT2D eigenvalue weighted by atomic mass is 35.5. The van der Waals surface area contributed by atoms with Crippen LogP contribution in [0.2, 0.25) is 5.02 Å². The minimum Gasteiger partial charge on any atom is -0.384 e. The highest BCUT2D eigenvalue weighted by Crippen LogP contribution is 2.38. The Morgan fingerprint density at radius 2 is 1.64 bits per heavy atom. The molecule has 0 fully saturated rings. The number of benzene rings is 2. The Balaban J connectivity index is 2.29. The Morgan fingerprint density at radius 3 is 2.36 bits per heavy atom. The zero-order valence-electron chi connectivity index (χ0n) is 12.9. The summed E-state index contributed by atoms with van der Waals surface area (Å²) in [5, 5.41) is 20.0. The van der Waals surface area contributed by atoms with Gasteiger partial charge in [-0.25, -0.2) is 4.98 Å². The molecule has 0 amide bonds. The van der Waals surface area contributed by atoms with E-state index in [9.17, 15) is 10.5 Å². The van der Waals surface area contributed by atoms with Crippen LogP contribution in [-0.2, 0) is 0 Å². The summed E-state index contributed by atoms with van der Waals surface area (Å²) in [7, 11) is 0. The predicted octanol–water partition coefficient (Wildman–Crippen LogP) is 4.13. The van der Waals surface area contributed by atoms with Crippen LogP contribution in [0.25, 0.3) is 27.8 Å². The van der Waals surface area contributed by atoms with Gasteiger partial charge in [-0.3, -0.25) is 4.40 Å². The van der Waals surface area contributed by atoms with Crippen molar-refractivity contribution in [3.63, 3.8) is 0 Å². The van der Waals surface area contributed by atoms with Crippen LogP contribution in [0, 0.1) is 22.7 Å². The average molecular weight is 344 g/mol. The van der Waals surface area contributed by atoms with Gasteiger partial charge in [-0.15, -0.1) is 0 Å². The molecule has 0 aliphatic heterocycles. The number of anilines is 1. The van der Waals surface area contributed by atoms with Crippen molar-refractivity contribution in [2.75, 3.05) is 5.73 Å². The maximum atomic E-state index is 9.81. The van der Waals surface area contributed by atoms with Crippen molar-refractivity contribution >= 4 is 34.1 Å². The second-order valence-electron chi connectivity index (χ2n) is 5.47. The molecule has 0 bridgehead atoms. The summed E-state index contributed by atoms with van der Waals surface area (Å²) >= 11 is 6.31. The summed E-state index contributed by atoms with van der Waals surface area (Å²) in [5.41, 5.74) is 9.63. The number of aromatic nitrogens is 2. The van der Waals surface area contributed by atoms with E-state index in [-0.39, 0.29) is 16.9 Å². The topological polar surface area (TPSA) is 90.9 Å². The largest absolute Gasteiger partial charge is 0.384 e. The molecule has 118 valence electrons. The first-order valence-corrected chi connectivity index (χ1v) is 7.83. The fraction of sp³-hybridized carbons (Fsp3) is 0. The first-order valence-electron chi connectivity index (χ1n) is 7.45. The van der Waals surface area contributed by atoms with Crippen molar-refractivity contribution in [2.24, 2.45) is 0 Å². The van der Waals surface area contributed by atoms with Gasteiger partial charge in [-0.1, -0.05) is 41.9 Å². The predicted molar refractivity (Wildman–Crippen MR) is 97.0 cm³/mol. The van der Waals surface area contributed by atoms with Gasteiger partial charge in [-0.05, 0) is 18.2 Å². The number of hydrogen-bond donors (Lipinski definition) is 1. The van der Waals surface area contributed by atoms with E-state index in [2.05, 4.69) is 17.1 Å². The Kier molecular flexibility index (Phi) is 3.32. The molecule has 4 aromatic rings. The number of nitrogens with two attached hydrogens (primary N) is 1. The summed E-state index contributed by atoms with van der Waals surface area (Å²) in [4.78, 5) is 4.55. The fourth-order valence-corrected chi connectivity index (χ4v) is 3.30. The molecule has 2 aromatic carbocycles. The van der Waals surface area contributed by atoms with Crippen LogP contribution in [0.4, 0.5) is 5.82 Å². The van der Waals surface area contributed by atoms with Crippen LogP contribution in [0.5, 0.6) is 0 Å². The van der Waals surface area contributed by atoms with Crippen molar-refractivity contribution in [3.8, 4) is 23.3 Å². The third-order valence-corrected chi connectivity index (χ3v) is 4.48. The van der Waals surface area contributed by atoms with Gasteiger partial charge in [0.05, 0.1) is 11.0 Å². The number of nitrogen functional groups attached to an aromatic ring is 1. The summed E-state index contributed by atoms with van der Waals surface area (Å²) < 4.78 is 1.65. The van der Waals surface area contributed by atoms with Crippen molar-refractivity contribution in [1.29, 1.82) is 10.5 Å². The molecule has 0 saturated carbocycles. The molecule has 0 radical (unpaired) electrons. The van der Waals surface area contributed by atoms with Gasteiger partial charge in [-0.2, -0.15) is 10.5 Å². The minimum absolute atomic E-state index is 0.209. The summed E-state index contributed by atoms with van der Waals surface area (Å²) in [5.74, 6) is 0.236. The Labute approximate surface area is 148 Å². The lowest BCUT2D eigenvalue weighted by Gasteiger charge is -2.13. The van der Waals surface area contributed by atoms with Gasteiger partial charge < -0.3 is 5.73 Å². The van der Waals surface area contributed by atoms with E-state index in [1.54, 1.807) is 28.7 Å². The molecule has 0 saturated heterocycles. The Hall–Kier alpha value is -3.54. The number of halogens is 1. The third kappa shape index (κ3) is 2.04. The number of para-hydroxylation sites is 2. The standard InChI is InChI=1S/C19H10ClN5/c20-14-6-2-1-5-11(14)17-12(9-21)18(23)25-16-8-4-3-7-15(16)24-19(25)13(17)10-22/h1-8H,23H2. The number of fused-ring (bicyclic) bond motifs is 3. The highest BCUT2D eigenvalue weighted by Gasteiger charge is 2.23. The lowest BCUT2D eigenvalue weighted by molar-refractivity contribution is 1.21. The van der Waals surface area contributed by atoms with Crippen molar-refractivity contribution < 1.29 is 0 Å². The van der Waals surface area contributed by atoms with Crippen LogP contribution in [0.1, 0.15) is 11.1 Å². The zero-order chi connectivity index (χ0) is 17.6. The maximum absolute atomic E-state index is 9.81. The normalized spacial score (nSPS) is 10.7. The Bertz CT molecular complexity index is 1240. The van der Waals surface area contributed by atoms with Crippen LogP contribution >= 0.6 is 11.6 Å². The summed E-state index contributed by atoms with van der Waals surface area (Å²) in [6.07, 6.45) is 0. The molecule has 0 aliphatic rings. The molecule has 2 N–H and O–H groups in total. The number of hydrogen-bond acceptors (Lipinski definition) is 4.